The summed E-state index contributed by atoms with van der Waals surface area (Å²) in [4.78, 5) is 25.9. The molecule has 1 N–H and O–H groups in total. The van der Waals surface area contributed by atoms with E-state index in [4.69, 9.17) is 28.5 Å². The summed E-state index contributed by atoms with van der Waals surface area (Å²) in [5.41, 5.74) is 4.36. The van der Waals surface area contributed by atoms with E-state index in [0.29, 0.717) is 44.6 Å². The molecule has 2 aliphatic rings. The van der Waals surface area contributed by atoms with Gasteiger partial charge in [-0.05, 0) is 41.8 Å². The molecule has 5 rings (SSSR count). The first kappa shape index (κ1) is 22.9. The predicted octanol–water partition coefficient (Wildman–Crippen LogP) is 5.51. The number of para-hydroxylation sites is 1. The third kappa shape index (κ3) is 4.57. The number of nitrogens with zero attached hydrogens (tertiary/aromatic N) is 5. The molecule has 0 bridgehead atoms. The number of carbonyl (C=O) groups excluding carboxylic acids is 1. The van der Waals surface area contributed by atoms with E-state index in [-0.39, 0.29) is 5.91 Å². The third-order valence-electron chi connectivity index (χ3n) is 5.86. The molecule has 2 aliphatic heterocycles. The van der Waals surface area contributed by atoms with Crippen LogP contribution in [0.25, 0.3) is 0 Å². The zero-order valence-corrected chi connectivity index (χ0v) is 20.4. The summed E-state index contributed by atoms with van der Waals surface area (Å²) in [6.45, 7) is 2.57. The molecule has 34 heavy (non-hydrogen) atoms. The van der Waals surface area contributed by atoms with Gasteiger partial charge >= 0.3 is 0 Å². The van der Waals surface area contributed by atoms with Crippen molar-refractivity contribution in [3.05, 3.63) is 69.3 Å². The second kappa shape index (κ2) is 9.80. The van der Waals surface area contributed by atoms with E-state index in [1.165, 1.54) is 22.9 Å². The first-order valence-corrected chi connectivity index (χ1v) is 12.5. The Balaban J connectivity index is 1.34. The standard InChI is InChI=1S/C24H20Cl2N6OS/c25-19-3-1-4-20(26)21(19)32-14-34-22-18(23(32)33)12-28-24(30-22)29-17-6-5-15-7-10-31(9-2-8-27)13-16(15)11-17/h1,3-6,11-12H,2,7,9-10,13-14H2,(H,28,29,30). The highest BCUT2D eigenvalue weighted by Crippen LogP contribution is 2.39. The Morgan fingerprint density at radius 3 is 2.79 bits per heavy atom. The first-order valence-electron chi connectivity index (χ1n) is 10.8. The van der Waals surface area contributed by atoms with Crippen LogP contribution in [-0.2, 0) is 13.0 Å². The third-order valence-corrected chi connectivity index (χ3v) is 7.44. The van der Waals surface area contributed by atoms with E-state index in [9.17, 15) is 4.79 Å². The fourth-order valence-electron chi connectivity index (χ4n) is 4.15. The molecule has 1 amide bonds. The average Bonchev–Trinajstić information content (AvgIpc) is 2.83. The van der Waals surface area contributed by atoms with Crippen LogP contribution in [0.15, 0.2) is 47.6 Å². The Bertz CT molecular complexity index is 1290. The second-order valence-electron chi connectivity index (χ2n) is 8.03. The van der Waals surface area contributed by atoms with Crippen LogP contribution in [-0.4, -0.2) is 39.7 Å². The number of halogens is 2. The van der Waals surface area contributed by atoms with Gasteiger partial charge in [0, 0.05) is 37.9 Å². The van der Waals surface area contributed by atoms with Crippen molar-refractivity contribution >= 4 is 58.2 Å². The average molecular weight is 511 g/mol. The fraction of sp³-hybridized carbons (Fsp3) is 0.250. The first-order chi connectivity index (χ1) is 16.5. The van der Waals surface area contributed by atoms with Crippen molar-refractivity contribution in [1.29, 1.82) is 5.26 Å². The monoisotopic (exact) mass is 510 g/mol. The number of anilines is 3. The Kier molecular flexibility index (Phi) is 6.61. The van der Waals surface area contributed by atoms with E-state index in [2.05, 4.69) is 38.4 Å². The number of hydrogen-bond donors (Lipinski definition) is 1. The summed E-state index contributed by atoms with van der Waals surface area (Å²) in [5.74, 6) is 0.547. The Morgan fingerprint density at radius 1 is 1.18 bits per heavy atom. The van der Waals surface area contributed by atoms with Crippen LogP contribution in [0.1, 0.15) is 27.9 Å². The van der Waals surface area contributed by atoms with Gasteiger partial charge in [0.2, 0.25) is 5.95 Å². The molecule has 1 aromatic heterocycles. The number of thioether (sulfide) groups is 1. The molecule has 0 atom stereocenters. The second-order valence-corrected chi connectivity index (χ2v) is 9.78. The largest absolute Gasteiger partial charge is 0.324 e. The summed E-state index contributed by atoms with van der Waals surface area (Å²) in [6.07, 6.45) is 3.05. The number of hydrogen-bond acceptors (Lipinski definition) is 7. The maximum absolute atomic E-state index is 13.1. The molecular weight excluding hydrogens is 491 g/mol. The Labute approximate surface area is 211 Å². The number of fused-ring (bicyclic) bond motifs is 2. The van der Waals surface area contributed by atoms with Crippen LogP contribution < -0.4 is 10.2 Å². The summed E-state index contributed by atoms with van der Waals surface area (Å²) in [7, 11) is 0. The van der Waals surface area contributed by atoms with Crippen LogP contribution in [0.2, 0.25) is 10.0 Å². The van der Waals surface area contributed by atoms with Crippen molar-refractivity contribution in [3.8, 4) is 6.07 Å². The molecule has 7 nitrogen and oxygen atoms in total. The lowest BCUT2D eigenvalue weighted by molar-refractivity contribution is 0.0985. The molecule has 2 aromatic carbocycles. The van der Waals surface area contributed by atoms with Gasteiger partial charge in [0.25, 0.3) is 5.91 Å². The van der Waals surface area contributed by atoms with Crippen molar-refractivity contribution in [2.45, 2.75) is 24.4 Å². The summed E-state index contributed by atoms with van der Waals surface area (Å²) < 4.78 is 0. The lowest BCUT2D eigenvalue weighted by atomic mass is 9.99. The highest BCUT2D eigenvalue weighted by atomic mass is 35.5. The molecule has 0 radical (unpaired) electrons. The topological polar surface area (TPSA) is 85.2 Å². The summed E-state index contributed by atoms with van der Waals surface area (Å²) in [5, 5.41) is 13.6. The van der Waals surface area contributed by atoms with E-state index >= 15 is 0 Å². The number of nitrogens with one attached hydrogen (secondary N) is 1. The highest BCUT2D eigenvalue weighted by Gasteiger charge is 2.30. The molecular formula is C24H20Cl2N6OS. The van der Waals surface area contributed by atoms with E-state index < -0.39 is 0 Å². The van der Waals surface area contributed by atoms with Crippen LogP contribution in [0.5, 0.6) is 0 Å². The smallest absolute Gasteiger partial charge is 0.263 e. The molecule has 3 aromatic rings. The highest BCUT2D eigenvalue weighted by molar-refractivity contribution is 7.99. The van der Waals surface area contributed by atoms with E-state index in [0.717, 1.165) is 31.7 Å². The molecule has 3 heterocycles. The van der Waals surface area contributed by atoms with Crippen molar-refractivity contribution < 1.29 is 4.79 Å². The van der Waals surface area contributed by atoms with Gasteiger partial charge in [-0.1, -0.05) is 47.1 Å². The zero-order valence-electron chi connectivity index (χ0n) is 18.1. The lowest BCUT2D eigenvalue weighted by Crippen LogP contribution is -2.35. The van der Waals surface area contributed by atoms with Crippen LogP contribution in [0.4, 0.5) is 17.3 Å². The SMILES string of the molecule is N#CCCN1CCc2ccc(Nc3ncc4c(n3)SCN(c3c(Cl)cccc3Cl)C4=O)cc2C1. The number of nitriles is 1. The van der Waals surface area contributed by atoms with Gasteiger partial charge in [-0.15, -0.1) is 0 Å². The van der Waals surface area contributed by atoms with Crippen LogP contribution in [0, 0.1) is 11.3 Å². The maximum Gasteiger partial charge on any atom is 0.263 e. The number of aromatic nitrogens is 2. The van der Waals surface area contributed by atoms with Gasteiger partial charge in [0.15, 0.2) is 0 Å². The van der Waals surface area contributed by atoms with Gasteiger partial charge in [-0.2, -0.15) is 5.26 Å². The van der Waals surface area contributed by atoms with E-state index in [1.54, 1.807) is 29.3 Å². The Hall–Kier alpha value is -2.83. The van der Waals surface area contributed by atoms with Gasteiger partial charge < -0.3 is 5.32 Å². The van der Waals surface area contributed by atoms with Crippen molar-refractivity contribution in [2.75, 3.05) is 29.2 Å². The van der Waals surface area contributed by atoms with Gasteiger partial charge in [0.1, 0.15) is 5.03 Å². The summed E-state index contributed by atoms with van der Waals surface area (Å²) >= 11 is 14.1. The number of rotatable bonds is 5. The minimum atomic E-state index is -0.235. The van der Waals surface area contributed by atoms with Gasteiger partial charge in [-0.25, -0.2) is 9.97 Å². The number of benzene rings is 2. The minimum absolute atomic E-state index is 0.235. The van der Waals surface area contributed by atoms with Gasteiger partial charge in [-0.3, -0.25) is 14.6 Å². The molecule has 0 saturated carbocycles. The zero-order chi connectivity index (χ0) is 23.7. The van der Waals surface area contributed by atoms with E-state index in [1.807, 2.05) is 6.07 Å². The van der Waals surface area contributed by atoms with Crippen LogP contribution >= 0.6 is 35.0 Å². The molecule has 10 heteroatoms. The fourth-order valence-corrected chi connectivity index (χ4v) is 5.69. The molecule has 172 valence electrons. The molecule has 0 fully saturated rings. The van der Waals surface area contributed by atoms with Crippen molar-refractivity contribution in [1.82, 2.24) is 14.9 Å². The van der Waals surface area contributed by atoms with Crippen molar-refractivity contribution in [3.63, 3.8) is 0 Å². The quantitative estimate of drug-likeness (QED) is 0.452. The molecule has 0 unspecified atom stereocenters. The molecule has 0 aliphatic carbocycles. The molecule has 0 saturated heterocycles. The summed E-state index contributed by atoms with van der Waals surface area (Å²) in [6, 6.07) is 13.6. The van der Waals surface area contributed by atoms with Crippen LogP contribution in [0.3, 0.4) is 0 Å². The normalized spacial score (nSPS) is 15.4. The Morgan fingerprint density at radius 2 is 2.00 bits per heavy atom. The number of carbonyl (C=O) groups is 1. The van der Waals surface area contributed by atoms with Crippen molar-refractivity contribution in [2.24, 2.45) is 0 Å². The van der Waals surface area contributed by atoms with Gasteiger partial charge in [0.05, 0.1) is 33.2 Å². The predicted molar refractivity (Wildman–Crippen MR) is 135 cm³/mol. The lowest BCUT2D eigenvalue weighted by Gasteiger charge is -2.29. The molecule has 0 spiro atoms. The minimum Gasteiger partial charge on any atom is -0.324 e. The number of amides is 1. The maximum atomic E-state index is 13.1.